The minimum absolute atomic E-state index is 0.0482. The highest BCUT2D eigenvalue weighted by Crippen LogP contribution is 2.19. The Labute approximate surface area is 127 Å². The first-order chi connectivity index (χ1) is 9.49. The van der Waals surface area contributed by atoms with E-state index in [9.17, 15) is 9.59 Å². The quantitative estimate of drug-likeness (QED) is 0.571. The van der Waals surface area contributed by atoms with Crippen molar-refractivity contribution in [3.8, 4) is 0 Å². The number of carboxylic acids is 1. The number of nitrogens with one attached hydrogen (secondary N) is 1. The van der Waals surface area contributed by atoms with Crippen molar-refractivity contribution in [3.63, 3.8) is 0 Å². The standard InChI is InChI=1S/C14H18ClNO3S/c1-10(14(18)19)3-2-8-16-13(17)9-20-12-6-4-11(15)5-7-12/h4-7,10H,2-3,8-9H2,1H3,(H,16,17)(H,18,19). The van der Waals surface area contributed by atoms with Crippen LogP contribution in [0.25, 0.3) is 0 Å². The van der Waals surface area contributed by atoms with Crippen LogP contribution in [0.2, 0.25) is 5.02 Å². The Morgan fingerprint density at radius 2 is 2.00 bits per heavy atom. The minimum Gasteiger partial charge on any atom is -0.481 e. The molecule has 1 amide bonds. The molecular weight excluding hydrogens is 298 g/mol. The second kappa shape index (κ2) is 8.87. The normalized spacial score (nSPS) is 11.9. The molecule has 0 spiro atoms. The summed E-state index contributed by atoms with van der Waals surface area (Å²) in [6.07, 6.45) is 1.24. The van der Waals surface area contributed by atoms with E-state index < -0.39 is 5.97 Å². The molecule has 0 bridgehead atoms. The summed E-state index contributed by atoms with van der Waals surface area (Å²) in [4.78, 5) is 23.2. The highest BCUT2D eigenvalue weighted by molar-refractivity contribution is 8.00. The van der Waals surface area contributed by atoms with E-state index in [2.05, 4.69) is 5.32 Å². The molecule has 2 N–H and O–H groups in total. The predicted octanol–water partition coefficient (Wildman–Crippen LogP) is 3.05. The van der Waals surface area contributed by atoms with Crippen LogP contribution in [0, 0.1) is 5.92 Å². The van der Waals surface area contributed by atoms with Crippen molar-refractivity contribution >= 4 is 35.2 Å². The third kappa shape index (κ3) is 6.82. The van der Waals surface area contributed by atoms with Gasteiger partial charge in [-0.3, -0.25) is 9.59 Å². The van der Waals surface area contributed by atoms with Gasteiger partial charge in [0.25, 0.3) is 0 Å². The van der Waals surface area contributed by atoms with E-state index >= 15 is 0 Å². The summed E-state index contributed by atoms with van der Waals surface area (Å²) in [7, 11) is 0. The smallest absolute Gasteiger partial charge is 0.306 e. The number of benzene rings is 1. The Hall–Kier alpha value is -1.20. The number of hydrogen-bond donors (Lipinski definition) is 2. The molecule has 4 nitrogen and oxygen atoms in total. The molecule has 1 aromatic carbocycles. The van der Waals surface area contributed by atoms with Gasteiger partial charge < -0.3 is 10.4 Å². The van der Waals surface area contributed by atoms with E-state index in [0.29, 0.717) is 30.2 Å². The van der Waals surface area contributed by atoms with Crippen molar-refractivity contribution in [2.24, 2.45) is 5.92 Å². The zero-order chi connectivity index (χ0) is 15.0. The van der Waals surface area contributed by atoms with Gasteiger partial charge in [-0.25, -0.2) is 0 Å². The molecule has 0 aliphatic rings. The van der Waals surface area contributed by atoms with Gasteiger partial charge in [0.05, 0.1) is 11.7 Å². The molecule has 0 aromatic heterocycles. The number of rotatable bonds is 8. The fourth-order valence-electron chi connectivity index (χ4n) is 1.49. The van der Waals surface area contributed by atoms with Crippen LogP contribution in [-0.2, 0) is 9.59 Å². The summed E-state index contributed by atoms with van der Waals surface area (Å²) in [5, 5.41) is 12.2. The second-order valence-electron chi connectivity index (χ2n) is 4.47. The fraction of sp³-hybridized carbons (Fsp3) is 0.429. The first-order valence-corrected chi connectivity index (χ1v) is 7.73. The molecule has 0 radical (unpaired) electrons. The lowest BCUT2D eigenvalue weighted by atomic mass is 10.1. The molecule has 0 fully saturated rings. The Kier molecular flexibility index (Phi) is 7.47. The summed E-state index contributed by atoms with van der Waals surface area (Å²) in [6, 6.07) is 7.31. The van der Waals surface area contributed by atoms with Crippen molar-refractivity contribution in [2.75, 3.05) is 12.3 Å². The van der Waals surface area contributed by atoms with E-state index in [-0.39, 0.29) is 11.8 Å². The average molecular weight is 316 g/mol. The van der Waals surface area contributed by atoms with Gasteiger partial charge in [0, 0.05) is 16.5 Å². The van der Waals surface area contributed by atoms with Gasteiger partial charge in [-0.05, 0) is 37.1 Å². The van der Waals surface area contributed by atoms with E-state index in [4.69, 9.17) is 16.7 Å². The zero-order valence-corrected chi connectivity index (χ0v) is 12.8. The molecule has 6 heteroatoms. The van der Waals surface area contributed by atoms with Crippen LogP contribution in [0.5, 0.6) is 0 Å². The van der Waals surface area contributed by atoms with Crippen molar-refractivity contribution in [3.05, 3.63) is 29.3 Å². The number of amides is 1. The van der Waals surface area contributed by atoms with Crippen LogP contribution < -0.4 is 5.32 Å². The molecule has 1 rings (SSSR count). The van der Waals surface area contributed by atoms with E-state index in [0.717, 1.165) is 4.90 Å². The lowest BCUT2D eigenvalue weighted by molar-refractivity contribution is -0.141. The van der Waals surface area contributed by atoms with Crippen LogP contribution >= 0.6 is 23.4 Å². The van der Waals surface area contributed by atoms with Gasteiger partial charge >= 0.3 is 5.97 Å². The van der Waals surface area contributed by atoms with Gasteiger partial charge in [-0.2, -0.15) is 0 Å². The molecule has 0 aliphatic heterocycles. The van der Waals surface area contributed by atoms with Crippen LogP contribution in [0.4, 0.5) is 0 Å². The molecule has 1 unspecified atom stereocenters. The summed E-state index contributed by atoms with van der Waals surface area (Å²) < 4.78 is 0. The molecule has 1 atom stereocenters. The lowest BCUT2D eigenvalue weighted by Crippen LogP contribution is -2.26. The maximum atomic E-state index is 11.6. The third-order valence-electron chi connectivity index (χ3n) is 2.74. The van der Waals surface area contributed by atoms with Crippen LogP contribution in [0.3, 0.4) is 0 Å². The monoisotopic (exact) mass is 315 g/mol. The highest BCUT2D eigenvalue weighted by Gasteiger charge is 2.10. The van der Waals surface area contributed by atoms with Crippen molar-refractivity contribution in [2.45, 2.75) is 24.7 Å². The predicted molar refractivity (Wildman–Crippen MR) is 81.2 cm³/mol. The first-order valence-electron chi connectivity index (χ1n) is 6.37. The second-order valence-corrected chi connectivity index (χ2v) is 5.96. The van der Waals surface area contributed by atoms with Crippen LogP contribution in [-0.4, -0.2) is 29.3 Å². The van der Waals surface area contributed by atoms with Crippen molar-refractivity contribution < 1.29 is 14.7 Å². The number of halogens is 1. The van der Waals surface area contributed by atoms with Gasteiger partial charge in [0.1, 0.15) is 0 Å². The van der Waals surface area contributed by atoms with Gasteiger partial charge in [-0.15, -0.1) is 11.8 Å². The summed E-state index contributed by atoms with van der Waals surface area (Å²) in [5.41, 5.74) is 0. The Morgan fingerprint density at radius 1 is 1.35 bits per heavy atom. The van der Waals surface area contributed by atoms with Crippen molar-refractivity contribution in [1.82, 2.24) is 5.32 Å². The number of thioether (sulfide) groups is 1. The third-order valence-corrected chi connectivity index (χ3v) is 4.01. The topological polar surface area (TPSA) is 66.4 Å². The molecule has 1 aromatic rings. The number of carbonyl (C=O) groups is 2. The molecule has 20 heavy (non-hydrogen) atoms. The molecule has 110 valence electrons. The maximum absolute atomic E-state index is 11.6. The van der Waals surface area contributed by atoms with E-state index in [1.807, 2.05) is 12.1 Å². The number of carbonyl (C=O) groups excluding carboxylic acids is 1. The number of carboxylic acid groups (broad SMARTS) is 1. The zero-order valence-electron chi connectivity index (χ0n) is 11.3. The summed E-state index contributed by atoms with van der Waals surface area (Å²) >= 11 is 7.22. The minimum atomic E-state index is -0.797. The Morgan fingerprint density at radius 3 is 2.60 bits per heavy atom. The first kappa shape index (κ1) is 16.9. The molecule has 0 saturated carbocycles. The average Bonchev–Trinajstić information content (AvgIpc) is 2.42. The summed E-state index contributed by atoms with van der Waals surface area (Å²) in [6.45, 7) is 2.18. The number of hydrogen-bond acceptors (Lipinski definition) is 3. The Balaban J connectivity index is 2.14. The maximum Gasteiger partial charge on any atom is 0.306 e. The van der Waals surface area contributed by atoms with Crippen LogP contribution in [0.15, 0.2) is 29.2 Å². The van der Waals surface area contributed by atoms with E-state index in [1.165, 1.54) is 11.8 Å². The summed E-state index contributed by atoms with van der Waals surface area (Å²) in [5.74, 6) is -0.867. The largest absolute Gasteiger partial charge is 0.481 e. The Bertz CT molecular complexity index is 450. The fourth-order valence-corrected chi connectivity index (χ4v) is 2.34. The van der Waals surface area contributed by atoms with Gasteiger partial charge in [0.15, 0.2) is 0 Å². The lowest BCUT2D eigenvalue weighted by Gasteiger charge is -2.07. The SMILES string of the molecule is CC(CCCNC(=O)CSc1ccc(Cl)cc1)C(=O)O. The van der Waals surface area contributed by atoms with Crippen molar-refractivity contribution in [1.29, 1.82) is 0 Å². The molecule has 0 aliphatic carbocycles. The molecular formula is C14H18ClNO3S. The van der Waals surface area contributed by atoms with Crippen LogP contribution in [0.1, 0.15) is 19.8 Å². The molecule has 0 saturated heterocycles. The van der Waals surface area contributed by atoms with Gasteiger partial charge in [-0.1, -0.05) is 18.5 Å². The number of aliphatic carboxylic acids is 1. The highest BCUT2D eigenvalue weighted by atomic mass is 35.5. The van der Waals surface area contributed by atoms with E-state index in [1.54, 1.807) is 19.1 Å². The van der Waals surface area contributed by atoms with Gasteiger partial charge in [0.2, 0.25) is 5.91 Å². The molecule has 0 heterocycles.